The van der Waals surface area contributed by atoms with Crippen molar-refractivity contribution in [1.29, 1.82) is 0 Å². The van der Waals surface area contributed by atoms with E-state index in [1.807, 2.05) is 26.0 Å². The molecule has 0 aromatic heterocycles. The fourth-order valence-corrected chi connectivity index (χ4v) is 2.74. The molecule has 1 amide bonds. The second-order valence-corrected chi connectivity index (χ2v) is 5.85. The zero-order chi connectivity index (χ0) is 14.0. The van der Waals surface area contributed by atoms with E-state index in [4.69, 9.17) is 0 Å². The van der Waals surface area contributed by atoms with Gasteiger partial charge in [0, 0.05) is 20.6 Å². The molecule has 0 spiro atoms. The van der Waals surface area contributed by atoms with E-state index in [1.54, 1.807) is 24.3 Å². The van der Waals surface area contributed by atoms with Crippen molar-refractivity contribution in [2.75, 3.05) is 5.32 Å². The summed E-state index contributed by atoms with van der Waals surface area (Å²) in [7, 11) is 0. The van der Waals surface area contributed by atoms with Gasteiger partial charge in [0.05, 0.1) is 0 Å². The quantitative estimate of drug-likeness (QED) is 0.771. The lowest BCUT2D eigenvalue weighted by Crippen LogP contribution is -2.13. The highest BCUT2D eigenvalue weighted by Gasteiger charge is 2.10. The summed E-state index contributed by atoms with van der Waals surface area (Å²) in [6.07, 6.45) is 0. The van der Waals surface area contributed by atoms with Crippen molar-refractivity contribution in [3.63, 3.8) is 0 Å². The Kier molecular flexibility index (Phi) is 4.32. The summed E-state index contributed by atoms with van der Waals surface area (Å²) < 4.78 is 1.01. The van der Waals surface area contributed by atoms with E-state index in [9.17, 15) is 4.79 Å². The lowest BCUT2D eigenvalue weighted by atomic mass is 10.1. The predicted octanol–water partition coefficient (Wildman–Crippen LogP) is 4.61. The van der Waals surface area contributed by atoms with Crippen LogP contribution in [0.25, 0.3) is 0 Å². The Bertz CT molecular complexity index is 600. The minimum absolute atomic E-state index is 0.109. The second kappa shape index (κ2) is 5.80. The van der Waals surface area contributed by atoms with Gasteiger partial charge in [0.15, 0.2) is 0 Å². The Morgan fingerprint density at radius 2 is 1.63 bits per heavy atom. The van der Waals surface area contributed by atoms with Crippen molar-refractivity contribution in [2.24, 2.45) is 0 Å². The molecule has 19 heavy (non-hydrogen) atoms. The van der Waals surface area contributed by atoms with Crippen LogP contribution in [-0.4, -0.2) is 5.91 Å². The van der Waals surface area contributed by atoms with Crippen LogP contribution in [-0.2, 0) is 0 Å². The molecule has 2 aromatic carbocycles. The van der Waals surface area contributed by atoms with Gasteiger partial charge in [-0.25, -0.2) is 0 Å². The van der Waals surface area contributed by atoms with E-state index in [1.165, 1.54) is 0 Å². The maximum absolute atomic E-state index is 12.2. The van der Waals surface area contributed by atoms with Gasteiger partial charge in [-0.15, -0.1) is 12.6 Å². The van der Waals surface area contributed by atoms with Crippen LogP contribution in [0.5, 0.6) is 0 Å². The number of hydrogen-bond donors (Lipinski definition) is 2. The number of nitrogens with one attached hydrogen (secondary N) is 1. The Balaban J connectivity index is 2.26. The van der Waals surface area contributed by atoms with E-state index < -0.39 is 0 Å². The second-order valence-electron chi connectivity index (χ2n) is 4.42. The van der Waals surface area contributed by atoms with Gasteiger partial charge in [-0.2, -0.15) is 0 Å². The molecule has 0 fully saturated rings. The Morgan fingerprint density at radius 1 is 1.11 bits per heavy atom. The number of halogens is 1. The zero-order valence-corrected chi connectivity index (χ0v) is 13.2. The number of thiol groups is 1. The summed E-state index contributed by atoms with van der Waals surface area (Å²) in [6, 6.07) is 11.1. The third-order valence-corrected chi connectivity index (χ3v) is 3.62. The number of benzene rings is 2. The molecule has 0 saturated carbocycles. The Hall–Kier alpha value is -1.26. The summed E-state index contributed by atoms with van der Waals surface area (Å²) in [5.74, 6) is -0.109. The van der Waals surface area contributed by atoms with E-state index in [0.717, 1.165) is 26.2 Å². The molecule has 4 heteroatoms. The molecule has 0 unspecified atom stereocenters. The first kappa shape index (κ1) is 14.2. The van der Waals surface area contributed by atoms with Gasteiger partial charge < -0.3 is 5.32 Å². The van der Waals surface area contributed by atoms with Crippen LogP contribution in [0.3, 0.4) is 0 Å². The highest BCUT2D eigenvalue weighted by Crippen LogP contribution is 2.25. The molecule has 0 bridgehead atoms. The lowest BCUT2D eigenvalue weighted by molar-refractivity contribution is 0.102. The Labute approximate surface area is 126 Å². The largest absolute Gasteiger partial charge is 0.322 e. The minimum atomic E-state index is -0.109. The molecule has 98 valence electrons. The van der Waals surface area contributed by atoms with Crippen molar-refractivity contribution < 1.29 is 4.79 Å². The molecule has 0 saturated heterocycles. The van der Waals surface area contributed by atoms with E-state index in [2.05, 4.69) is 33.9 Å². The molecule has 0 aliphatic carbocycles. The van der Waals surface area contributed by atoms with Gasteiger partial charge in [0.2, 0.25) is 0 Å². The number of aryl methyl sites for hydroxylation is 2. The normalized spacial score (nSPS) is 10.3. The summed E-state index contributed by atoms with van der Waals surface area (Å²) >= 11 is 7.65. The fourth-order valence-electron chi connectivity index (χ4n) is 1.91. The van der Waals surface area contributed by atoms with Crippen molar-refractivity contribution >= 4 is 40.2 Å². The third-order valence-electron chi connectivity index (χ3n) is 2.87. The first-order valence-corrected chi connectivity index (χ1v) is 7.08. The molecule has 0 aliphatic rings. The van der Waals surface area contributed by atoms with E-state index in [-0.39, 0.29) is 5.91 Å². The van der Waals surface area contributed by atoms with Crippen molar-refractivity contribution in [1.82, 2.24) is 0 Å². The number of rotatable bonds is 2. The first-order chi connectivity index (χ1) is 8.97. The summed E-state index contributed by atoms with van der Waals surface area (Å²) in [5.41, 5.74) is 3.56. The number of carbonyl (C=O) groups excluding carboxylic acids is 1. The van der Waals surface area contributed by atoms with Crippen LogP contribution >= 0.6 is 28.6 Å². The van der Waals surface area contributed by atoms with E-state index in [0.29, 0.717) is 5.56 Å². The van der Waals surface area contributed by atoms with E-state index >= 15 is 0 Å². The molecule has 0 atom stereocenters. The summed E-state index contributed by atoms with van der Waals surface area (Å²) in [5, 5.41) is 2.96. The average molecular weight is 336 g/mol. The van der Waals surface area contributed by atoms with Crippen LogP contribution in [0.4, 0.5) is 5.69 Å². The molecule has 0 aliphatic heterocycles. The first-order valence-electron chi connectivity index (χ1n) is 5.84. The fraction of sp³-hybridized carbons (Fsp3) is 0.133. The zero-order valence-electron chi connectivity index (χ0n) is 10.7. The highest BCUT2D eigenvalue weighted by atomic mass is 79.9. The van der Waals surface area contributed by atoms with Gasteiger partial charge in [-0.3, -0.25) is 4.79 Å². The molecule has 2 aromatic rings. The molecular formula is C15H14BrNOS. The van der Waals surface area contributed by atoms with Crippen LogP contribution < -0.4 is 5.32 Å². The van der Waals surface area contributed by atoms with Crippen LogP contribution in [0.2, 0.25) is 0 Å². The van der Waals surface area contributed by atoms with Gasteiger partial charge in [0.25, 0.3) is 5.91 Å². The van der Waals surface area contributed by atoms with Gasteiger partial charge in [-0.05, 0) is 61.4 Å². The summed E-state index contributed by atoms with van der Waals surface area (Å²) in [6.45, 7) is 3.95. The number of hydrogen-bond acceptors (Lipinski definition) is 2. The third kappa shape index (κ3) is 3.39. The van der Waals surface area contributed by atoms with Crippen LogP contribution in [0, 0.1) is 13.8 Å². The lowest BCUT2D eigenvalue weighted by Gasteiger charge is -2.12. The smallest absolute Gasteiger partial charge is 0.255 e. The molecular weight excluding hydrogens is 322 g/mol. The van der Waals surface area contributed by atoms with Gasteiger partial charge >= 0.3 is 0 Å². The molecule has 0 heterocycles. The highest BCUT2D eigenvalue weighted by molar-refractivity contribution is 9.10. The number of carbonyl (C=O) groups is 1. The molecule has 2 nitrogen and oxygen atoms in total. The van der Waals surface area contributed by atoms with Gasteiger partial charge in [0.1, 0.15) is 0 Å². The average Bonchev–Trinajstić information content (AvgIpc) is 2.34. The maximum atomic E-state index is 12.2. The molecule has 1 N–H and O–H groups in total. The number of amides is 1. The van der Waals surface area contributed by atoms with Crippen molar-refractivity contribution in [3.8, 4) is 0 Å². The van der Waals surface area contributed by atoms with Crippen molar-refractivity contribution in [2.45, 2.75) is 18.7 Å². The predicted molar refractivity (Wildman–Crippen MR) is 85.3 cm³/mol. The molecule has 2 rings (SSSR count). The number of anilines is 1. The monoisotopic (exact) mass is 335 g/mol. The molecule has 0 radical (unpaired) electrons. The van der Waals surface area contributed by atoms with Crippen LogP contribution in [0.15, 0.2) is 45.8 Å². The topological polar surface area (TPSA) is 29.1 Å². The van der Waals surface area contributed by atoms with Gasteiger partial charge in [-0.1, -0.05) is 15.9 Å². The Morgan fingerprint density at radius 3 is 2.16 bits per heavy atom. The maximum Gasteiger partial charge on any atom is 0.255 e. The SMILES string of the molecule is Cc1cc(Br)cc(C)c1NC(=O)c1ccc(S)cc1. The van der Waals surface area contributed by atoms with Crippen molar-refractivity contribution in [3.05, 3.63) is 57.6 Å². The summed E-state index contributed by atoms with van der Waals surface area (Å²) in [4.78, 5) is 13.0. The standard InChI is InChI=1S/C15H14BrNOS/c1-9-7-12(16)8-10(2)14(9)17-15(18)11-3-5-13(19)6-4-11/h3-8,19H,1-2H3,(H,17,18). The van der Waals surface area contributed by atoms with Crippen LogP contribution in [0.1, 0.15) is 21.5 Å². The minimum Gasteiger partial charge on any atom is -0.322 e.